The summed E-state index contributed by atoms with van der Waals surface area (Å²) < 4.78 is 0. The zero-order valence-electron chi connectivity index (χ0n) is 13.8. The van der Waals surface area contributed by atoms with Gasteiger partial charge in [0.1, 0.15) is 5.54 Å². The van der Waals surface area contributed by atoms with Crippen LogP contribution < -0.4 is 5.32 Å². The number of hydrogen-bond acceptors (Lipinski definition) is 2. The van der Waals surface area contributed by atoms with Gasteiger partial charge in [-0.3, -0.25) is 9.59 Å². The Hall–Kier alpha value is -1.84. The van der Waals surface area contributed by atoms with Crippen molar-refractivity contribution in [3.8, 4) is 0 Å². The molecule has 1 N–H and O–H groups in total. The first-order chi connectivity index (χ1) is 10.5. The second-order valence-electron chi connectivity index (χ2n) is 6.23. The Morgan fingerprint density at radius 2 is 2.05 bits per heavy atom. The Kier molecular flexibility index (Phi) is 5.22. The van der Waals surface area contributed by atoms with Gasteiger partial charge in [0.15, 0.2) is 0 Å². The number of benzene rings is 1. The highest BCUT2D eigenvalue weighted by molar-refractivity contribution is 5.94. The van der Waals surface area contributed by atoms with E-state index in [1.807, 2.05) is 44.2 Å². The summed E-state index contributed by atoms with van der Waals surface area (Å²) in [5, 5.41) is 2.99. The van der Waals surface area contributed by atoms with Crippen molar-refractivity contribution in [2.24, 2.45) is 0 Å². The van der Waals surface area contributed by atoms with E-state index >= 15 is 0 Å². The van der Waals surface area contributed by atoms with Gasteiger partial charge in [-0.15, -0.1) is 0 Å². The van der Waals surface area contributed by atoms with E-state index in [1.165, 1.54) is 0 Å². The number of nitrogens with one attached hydrogen (secondary N) is 1. The summed E-state index contributed by atoms with van der Waals surface area (Å²) in [5.74, 6) is 0.0269. The summed E-state index contributed by atoms with van der Waals surface area (Å²) in [6, 6.07) is 9.80. The molecule has 0 aromatic heterocycles. The monoisotopic (exact) mass is 302 g/mol. The van der Waals surface area contributed by atoms with Gasteiger partial charge in [-0.1, -0.05) is 43.7 Å². The number of carbonyl (C=O) groups excluding carboxylic acids is 2. The van der Waals surface area contributed by atoms with Crippen molar-refractivity contribution in [3.63, 3.8) is 0 Å². The third kappa shape index (κ3) is 3.16. The first kappa shape index (κ1) is 16.5. The van der Waals surface area contributed by atoms with E-state index in [2.05, 4.69) is 12.2 Å². The number of amides is 2. The minimum atomic E-state index is -0.750. The molecule has 1 unspecified atom stereocenters. The zero-order valence-corrected chi connectivity index (χ0v) is 13.8. The largest absolute Gasteiger partial charge is 0.354 e. The van der Waals surface area contributed by atoms with Gasteiger partial charge in [0.05, 0.1) is 6.04 Å². The number of hydrogen-bond donors (Lipinski definition) is 1. The van der Waals surface area contributed by atoms with Gasteiger partial charge in [0.2, 0.25) is 11.8 Å². The maximum atomic E-state index is 12.6. The lowest BCUT2D eigenvalue weighted by Gasteiger charge is -2.38. The van der Waals surface area contributed by atoms with E-state index in [-0.39, 0.29) is 17.9 Å². The number of unbranched alkanes of at least 4 members (excludes halogenated alkanes) is 1. The van der Waals surface area contributed by atoms with Gasteiger partial charge >= 0.3 is 0 Å². The third-order valence-corrected chi connectivity index (χ3v) is 4.60. The predicted octanol–water partition coefficient (Wildman–Crippen LogP) is 3.05. The van der Waals surface area contributed by atoms with E-state index < -0.39 is 5.54 Å². The molecule has 0 radical (unpaired) electrons. The molecule has 0 bridgehead atoms. The van der Waals surface area contributed by atoms with Gasteiger partial charge < -0.3 is 10.2 Å². The van der Waals surface area contributed by atoms with Crippen LogP contribution in [-0.2, 0) is 9.59 Å². The third-order valence-electron chi connectivity index (χ3n) is 4.60. The van der Waals surface area contributed by atoms with Crippen LogP contribution in [-0.4, -0.2) is 28.8 Å². The van der Waals surface area contributed by atoms with Gasteiger partial charge in [-0.25, -0.2) is 0 Å². The Bertz CT molecular complexity index is 529. The molecule has 1 aromatic rings. The van der Waals surface area contributed by atoms with Gasteiger partial charge in [0.25, 0.3) is 0 Å². The second-order valence-corrected chi connectivity index (χ2v) is 6.23. The van der Waals surface area contributed by atoms with Crippen LogP contribution in [0.4, 0.5) is 0 Å². The zero-order chi connectivity index (χ0) is 16.2. The van der Waals surface area contributed by atoms with Crippen molar-refractivity contribution in [3.05, 3.63) is 35.9 Å². The molecule has 1 heterocycles. The van der Waals surface area contributed by atoms with Gasteiger partial charge in [0, 0.05) is 13.0 Å². The summed E-state index contributed by atoms with van der Waals surface area (Å²) in [4.78, 5) is 26.8. The Labute approximate surface area is 132 Å². The second kappa shape index (κ2) is 6.95. The number of likely N-dealkylation sites (tertiary alicyclic amines) is 1. The molecule has 2 amide bonds. The number of carbonyl (C=O) groups is 2. The first-order valence-corrected chi connectivity index (χ1v) is 8.16. The van der Waals surface area contributed by atoms with Crippen LogP contribution in [0, 0.1) is 0 Å². The Morgan fingerprint density at radius 3 is 2.68 bits per heavy atom. The van der Waals surface area contributed by atoms with Crippen molar-refractivity contribution >= 4 is 11.8 Å². The normalized spacial score (nSPS) is 22.7. The van der Waals surface area contributed by atoms with Crippen LogP contribution in [0.15, 0.2) is 30.3 Å². The van der Waals surface area contributed by atoms with Crippen LogP contribution in [0.5, 0.6) is 0 Å². The van der Waals surface area contributed by atoms with Crippen LogP contribution in [0.25, 0.3) is 0 Å². The summed E-state index contributed by atoms with van der Waals surface area (Å²) in [6.07, 6.45) is 3.03. The minimum Gasteiger partial charge on any atom is -0.354 e. The fraction of sp³-hybridized carbons (Fsp3) is 0.556. The molecule has 1 aliphatic heterocycles. The Morgan fingerprint density at radius 1 is 1.36 bits per heavy atom. The molecule has 4 heteroatoms. The molecule has 0 spiro atoms. The van der Waals surface area contributed by atoms with Crippen LogP contribution in [0.3, 0.4) is 0 Å². The molecule has 1 aromatic carbocycles. The smallest absolute Gasteiger partial charge is 0.245 e. The maximum Gasteiger partial charge on any atom is 0.245 e. The molecular weight excluding hydrogens is 276 g/mol. The number of nitrogens with zero attached hydrogens (tertiary/aromatic N) is 1. The lowest BCUT2D eigenvalue weighted by atomic mass is 9.94. The van der Waals surface area contributed by atoms with Gasteiger partial charge in [-0.2, -0.15) is 0 Å². The molecule has 1 fully saturated rings. The van der Waals surface area contributed by atoms with Crippen LogP contribution in [0.1, 0.15) is 58.1 Å². The average Bonchev–Trinajstić information content (AvgIpc) is 2.84. The summed E-state index contributed by atoms with van der Waals surface area (Å²) in [7, 11) is 0. The molecule has 0 saturated carbocycles. The molecule has 0 aliphatic carbocycles. The standard InChI is InChI=1S/C18H26N2O2/c1-4-5-13-19-17(22)18(3)12-11-16(21)20(18)14(2)15-9-7-6-8-10-15/h6-10,14H,4-5,11-13H2,1-3H3,(H,19,22)/t14-,18?/m0/s1. The molecule has 4 nitrogen and oxygen atoms in total. The van der Waals surface area contributed by atoms with Crippen molar-refractivity contribution in [1.29, 1.82) is 0 Å². The van der Waals surface area contributed by atoms with E-state index in [0.717, 1.165) is 18.4 Å². The summed E-state index contributed by atoms with van der Waals surface area (Å²) >= 11 is 0. The minimum absolute atomic E-state index is 0.0328. The predicted molar refractivity (Wildman–Crippen MR) is 87.3 cm³/mol. The SMILES string of the molecule is CCCCNC(=O)C1(C)CCC(=O)N1[C@@H](C)c1ccccc1. The molecule has 1 aliphatic rings. The van der Waals surface area contributed by atoms with Crippen LogP contribution in [0.2, 0.25) is 0 Å². The van der Waals surface area contributed by atoms with E-state index in [1.54, 1.807) is 4.90 Å². The lowest BCUT2D eigenvalue weighted by Crippen LogP contribution is -2.55. The number of rotatable bonds is 6. The quantitative estimate of drug-likeness (QED) is 0.821. The lowest BCUT2D eigenvalue weighted by molar-refractivity contribution is -0.143. The fourth-order valence-corrected chi connectivity index (χ4v) is 3.18. The highest BCUT2D eigenvalue weighted by Crippen LogP contribution is 2.37. The highest BCUT2D eigenvalue weighted by Gasteiger charge is 2.49. The summed E-state index contributed by atoms with van der Waals surface area (Å²) in [5.41, 5.74) is 0.311. The van der Waals surface area contributed by atoms with Crippen molar-refractivity contribution in [2.75, 3.05) is 6.54 Å². The molecule has 120 valence electrons. The van der Waals surface area contributed by atoms with Crippen LogP contribution >= 0.6 is 0 Å². The Balaban J connectivity index is 2.19. The van der Waals surface area contributed by atoms with E-state index in [4.69, 9.17) is 0 Å². The van der Waals surface area contributed by atoms with Crippen molar-refractivity contribution in [1.82, 2.24) is 10.2 Å². The highest BCUT2D eigenvalue weighted by atomic mass is 16.2. The first-order valence-electron chi connectivity index (χ1n) is 8.16. The molecular formula is C18H26N2O2. The van der Waals surface area contributed by atoms with Gasteiger partial charge in [-0.05, 0) is 32.3 Å². The average molecular weight is 302 g/mol. The van der Waals surface area contributed by atoms with Crippen molar-refractivity contribution < 1.29 is 9.59 Å². The van der Waals surface area contributed by atoms with E-state index in [9.17, 15) is 9.59 Å². The fourth-order valence-electron chi connectivity index (χ4n) is 3.18. The maximum absolute atomic E-state index is 12.6. The molecule has 2 atom stereocenters. The molecule has 1 saturated heterocycles. The topological polar surface area (TPSA) is 49.4 Å². The molecule has 2 rings (SSSR count). The van der Waals surface area contributed by atoms with E-state index in [0.29, 0.717) is 19.4 Å². The van der Waals surface area contributed by atoms with Crippen molar-refractivity contribution in [2.45, 2.75) is 58.0 Å². The summed E-state index contributed by atoms with van der Waals surface area (Å²) in [6.45, 7) is 6.65. The molecule has 22 heavy (non-hydrogen) atoms.